The maximum atomic E-state index is 11.8. The first-order valence-corrected chi connectivity index (χ1v) is 9.60. The minimum absolute atomic E-state index is 0.0228. The summed E-state index contributed by atoms with van der Waals surface area (Å²) in [4.78, 5) is 30.6. The highest BCUT2D eigenvalue weighted by molar-refractivity contribution is 5.82. The summed E-state index contributed by atoms with van der Waals surface area (Å²) in [6, 6.07) is 10.9. The van der Waals surface area contributed by atoms with Gasteiger partial charge in [-0.05, 0) is 57.0 Å². The number of rotatable bonds is 7. The number of nitrogens with one attached hydrogen (secondary N) is 2. The predicted octanol–water partition coefficient (Wildman–Crippen LogP) is 4.12. The van der Waals surface area contributed by atoms with E-state index in [9.17, 15) is 14.7 Å². The van der Waals surface area contributed by atoms with Crippen molar-refractivity contribution < 1.29 is 24.2 Å². The zero-order valence-electron chi connectivity index (χ0n) is 17.1. The molecular formula is C22H25N3O5. The van der Waals surface area contributed by atoms with Crippen LogP contribution >= 0.6 is 0 Å². The molecule has 8 nitrogen and oxygen atoms in total. The van der Waals surface area contributed by atoms with Gasteiger partial charge >= 0.3 is 12.1 Å². The monoisotopic (exact) mass is 411 g/mol. The molecule has 3 N–H and O–H groups in total. The summed E-state index contributed by atoms with van der Waals surface area (Å²) in [5.74, 6) is -0.452. The summed E-state index contributed by atoms with van der Waals surface area (Å²) >= 11 is 0. The van der Waals surface area contributed by atoms with Gasteiger partial charge in [0.25, 0.3) is 0 Å². The van der Waals surface area contributed by atoms with E-state index in [0.717, 1.165) is 16.6 Å². The van der Waals surface area contributed by atoms with Crippen molar-refractivity contribution in [2.75, 3.05) is 6.54 Å². The van der Waals surface area contributed by atoms with Gasteiger partial charge in [-0.2, -0.15) is 0 Å². The van der Waals surface area contributed by atoms with Crippen LogP contribution in [-0.2, 0) is 16.0 Å². The lowest BCUT2D eigenvalue weighted by molar-refractivity contribution is -0.141. The average molecular weight is 411 g/mol. The van der Waals surface area contributed by atoms with Crippen molar-refractivity contribution in [3.63, 3.8) is 0 Å². The van der Waals surface area contributed by atoms with Crippen molar-refractivity contribution in [2.24, 2.45) is 5.92 Å². The second kappa shape index (κ2) is 8.86. The molecule has 0 aliphatic heterocycles. The van der Waals surface area contributed by atoms with Crippen molar-refractivity contribution in [3.8, 4) is 11.5 Å². The van der Waals surface area contributed by atoms with E-state index in [4.69, 9.17) is 9.47 Å². The summed E-state index contributed by atoms with van der Waals surface area (Å²) < 4.78 is 11.1. The first kappa shape index (κ1) is 21.2. The van der Waals surface area contributed by atoms with Crippen LogP contribution in [0.5, 0.6) is 11.5 Å². The normalized spacial score (nSPS) is 12.4. The molecule has 1 amide bonds. The number of aromatic nitrogens is 2. The Morgan fingerprint density at radius 1 is 1.17 bits per heavy atom. The van der Waals surface area contributed by atoms with Crippen LogP contribution in [0.4, 0.5) is 4.79 Å². The van der Waals surface area contributed by atoms with E-state index in [-0.39, 0.29) is 13.0 Å². The van der Waals surface area contributed by atoms with Crippen LogP contribution in [0.2, 0.25) is 0 Å². The summed E-state index contributed by atoms with van der Waals surface area (Å²) in [5.41, 5.74) is 0.924. The Bertz CT molecular complexity index is 1020. The largest absolute Gasteiger partial charge is 0.481 e. The number of alkyl carbamates (subject to hydrolysis) is 1. The SMILES string of the molecule is CC(C)(C)OC(=O)NCC(Cc1ccc(Oc2ccnc3[nH]ccc23)cc1)C(=O)O. The first-order chi connectivity index (χ1) is 14.2. The Morgan fingerprint density at radius 2 is 1.90 bits per heavy atom. The number of hydrogen-bond acceptors (Lipinski definition) is 5. The van der Waals surface area contributed by atoms with Crippen LogP contribution in [0.25, 0.3) is 11.0 Å². The number of aromatic amines is 1. The van der Waals surface area contributed by atoms with E-state index in [2.05, 4.69) is 15.3 Å². The number of pyridine rings is 1. The van der Waals surface area contributed by atoms with Gasteiger partial charge in [0.1, 0.15) is 22.7 Å². The third kappa shape index (κ3) is 5.73. The van der Waals surface area contributed by atoms with Crippen LogP contribution < -0.4 is 10.1 Å². The highest BCUT2D eigenvalue weighted by atomic mass is 16.6. The number of aliphatic carboxylic acids is 1. The third-order valence-electron chi connectivity index (χ3n) is 4.29. The molecule has 1 atom stereocenters. The van der Waals surface area contributed by atoms with Gasteiger partial charge < -0.3 is 24.9 Å². The molecule has 0 radical (unpaired) electrons. The molecule has 0 saturated heterocycles. The zero-order valence-corrected chi connectivity index (χ0v) is 17.1. The lowest BCUT2D eigenvalue weighted by Crippen LogP contribution is -2.37. The van der Waals surface area contributed by atoms with Crippen molar-refractivity contribution in [1.82, 2.24) is 15.3 Å². The minimum atomic E-state index is -0.988. The van der Waals surface area contributed by atoms with E-state index in [1.807, 2.05) is 18.2 Å². The molecule has 0 aliphatic rings. The van der Waals surface area contributed by atoms with Crippen molar-refractivity contribution >= 4 is 23.1 Å². The van der Waals surface area contributed by atoms with Crippen LogP contribution in [0.1, 0.15) is 26.3 Å². The Kier molecular flexibility index (Phi) is 6.25. The summed E-state index contributed by atoms with van der Waals surface area (Å²) in [7, 11) is 0. The maximum absolute atomic E-state index is 11.8. The van der Waals surface area contributed by atoms with Gasteiger partial charge in [-0.25, -0.2) is 9.78 Å². The van der Waals surface area contributed by atoms with Gasteiger partial charge in [-0.3, -0.25) is 4.79 Å². The first-order valence-electron chi connectivity index (χ1n) is 9.60. The number of carboxylic acids is 1. The van der Waals surface area contributed by atoms with Crippen molar-refractivity contribution in [3.05, 3.63) is 54.4 Å². The fourth-order valence-corrected chi connectivity index (χ4v) is 2.90. The van der Waals surface area contributed by atoms with Crippen molar-refractivity contribution in [1.29, 1.82) is 0 Å². The Labute approximate surface area is 174 Å². The topological polar surface area (TPSA) is 114 Å². The van der Waals surface area contributed by atoms with E-state index < -0.39 is 23.6 Å². The molecule has 158 valence electrons. The second-order valence-electron chi connectivity index (χ2n) is 7.92. The van der Waals surface area contributed by atoms with E-state index >= 15 is 0 Å². The standard InChI is InChI=1S/C22H25N3O5/c1-22(2,3)30-21(28)25-13-15(20(26)27)12-14-4-6-16(7-5-14)29-18-9-11-24-19-17(18)8-10-23-19/h4-11,15H,12-13H2,1-3H3,(H,23,24)(H,25,28)(H,26,27). The second-order valence-corrected chi connectivity index (χ2v) is 7.92. The van der Waals surface area contributed by atoms with Crippen molar-refractivity contribution in [2.45, 2.75) is 32.8 Å². The zero-order chi connectivity index (χ0) is 21.7. The molecule has 30 heavy (non-hydrogen) atoms. The van der Waals surface area contributed by atoms with E-state index in [1.165, 1.54) is 0 Å². The van der Waals surface area contributed by atoms with Crippen LogP contribution in [-0.4, -0.2) is 39.3 Å². The van der Waals surface area contributed by atoms with Gasteiger partial charge in [-0.15, -0.1) is 0 Å². The van der Waals surface area contributed by atoms with Gasteiger partial charge in [0, 0.05) is 18.9 Å². The fraction of sp³-hybridized carbons (Fsp3) is 0.318. The Morgan fingerprint density at radius 3 is 2.57 bits per heavy atom. The van der Waals surface area contributed by atoms with Crippen LogP contribution in [0, 0.1) is 5.92 Å². The maximum Gasteiger partial charge on any atom is 0.407 e. The molecule has 2 aromatic heterocycles. The molecule has 0 aliphatic carbocycles. The number of carbonyl (C=O) groups excluding carboxylic acids is 1. The highest BCUT2D eigenvalue weighted by Crippen LogP contribution is 2.28. The number of ether oxygens (including phenoxy) is 2. The Hall–Kier alpha value is -3.55. The number of benzene rings is 1. The molecule has 3 aromatic rings. The van der Waals surface area contributed by atoms with Gasteiger partial charge in [0.05, 0.1) is 11.3 Å². The minimum Gasteiger partial charge on any atom is -0.481 e. The number of carbonyl (C=O) groups is 2. The Balaban J connectivity index is 1.61. The smallest absolute Gasteiger partial charge is 0.407 e. The summed E-state index contributed by atoms with van der Waals surface area (Å²) in [6.07, 6.45) is 3.09. The number of nitrogens with zero attached hydrogens (tertiary/aromatic N) is 1. The third-order valence-corrected chi connectivity index (χ3v) is 4.29. The molecule has 0 fully saturated rings. The number of H-pyrrole nitrogens is 1. The molecule has 0 spiro atoms. The molecule has 1 aromatic carbocycles. The number of carboxylic acid groups (broad SMARTS) is 1. The summed E-state index contributed by atoms with van der Waals surface area (Å²) in [6.45, 7) is 5.22. The molecule has 3 rings (SSSR count). The average Bonchev–Trinajstić information content (AvgIpc) is 3.14. The molecule has 0 bridgehead atoms. The molecular weight excluding hydrogens is 386 g/mol. The van der Waals surface area contributed by atoms with Crippen LogP contribution in [0.15, 0.2) is 48.8 Å². The molecule has 8 heteroatoms. The van der Waals surface area contributed by atoms with E-state index in [0.29, 0.717) is 11.5 Å². The molecule has 0 saturated carbocycles. The quantitative estimate of drug-likeness (QED) is 0.539. The molecule has 1 unspecified atom stereocenters. The highest BCUT2D eigenvalue weighted by Gasteiger charge is 2.21. The lowest BCUT2D eigenvalue weighted by atomic mass is 9.99. The summed E-state index contributed by atoms with van der Waals surface area (Å²) in [5, 5.41) is 12.9. The number of amides is 1. The van der Waals surface area contributed by atoms with Gasteiger partial charge in [-0.1, -0.05) is 12.1 Å². The molecule has 2 heterocycles. The number of fused-ring (bicyclic) bond motifs is 1. The number of hydrogen-bond donors (Lipinski definition) is 3. The van der Waals surface area contributed by atoms with Gasteiger partial charge in [0.2, 0.25) is 0 Å². The van der Waals surface area contributed by atoms with Gasteiger partial charge in [0.15, 0.2) is 0 Å². The van der Waals surface area contributed by atoms with E-state index in [1.54, 1.807) is 51.4 Å². The predicted molar refractivity (Wildman–Crippen MR) is 112 cm³/mol. The fourth-order valence-electron chi connectivity index (χ4n) is 2.90. The lowest BCUT2D eigenvalue weighted by Gasteiger charge is -2.21. The van der Waals surface area contributed by atoms with Crippen LogP contribution in [0.3, 0.4) is 0 Å².